The lowest BCUT2D eigenvalue weighted by atomic mass is 10.2. The van der Waals surface area contributed by atoms with Gasteiger partial charge in [0.1, 0.15) is 10.5 Å². The van der Waals surface area contributed by atoms with Gasteiger partial charge in [0, 0.05) is 12.3 Å². The lowest BCUT2D eigenvalue weighted by Crippen LogP contribution is -2.21. The van der Waals surface area contributed by atoms with E-state index < -0.39 is 0 Å². The normalized spacial score (nSPS) is 11.1. The first-order valence-corrected chi connectivity index (χ1v) is 8.41. The topological polar surface area (TPSA) is 34.9 Å². The summed E-state index contributed by atoms with van der Waals surface area (Å²) >= 11 is 2.92. The van der Waals surface area contributed by atoms with Crippen LogP contribution in [0.5, 0.6) is 0 Å². The molecule has 0 N–H and O–H groups in total. The van der Waals surface area contributed by atoms with Crippen molar-refractivity contribution in [2.24, 2.45) is 0 Å². The van der Waals surface area contributed by atoms with Crippen LogP contribution >= 0.6 is 23.1 Å². The zero-order valence-electron chi connectivity index (χ0n) is 11.4. The lowest BCUT2D eigenvalue weighted by Gasteiger charge is -2.09. The van der Waals surface area contributed by atoms with E-state index in [-0.39, 0.29) is 11.4 Å². The molecule has 6 heteroatoms. The third kappa shape index (κ3) is 2.87. The van der Waals surface area contributed by atoms with Crippen LogP contribution in [0.4, 0.5) is 4.39 Å². The van der Waals surface area contributed by atoms with Crippen LogP contribution in [0.3, 0.4) is 0 Å². The van der Waals surface area contributed by atoms with Gasteiger partial charge in [-0.05, 0) is 36.1 Å². The van der Waals surface area contributed by atoms with Crippen molar-refractivity contribution in [2.45, 2.75) is 24.4 Å². The molecule has 2 aromatic heterocycles. The van der Waals surface area contributed by atoms with E-state index in [9.17, 15) is 9.18 Å². The van der Waals surface area contributed by atoms with Crippen molar-refractivity contribution in [3.05, 3.63) is 57.4 Å². The van der Waals surface area contributed by atoms with E-state index in [1.54, 1.807) is 16.7 Å². The maximum atomic E-state index is 12.9. The maximum absolute atomic E-state index is 12.9. The molecule has 3 rings (SSSR count). The summed E-state index contributed by atoms with van der Waals surface area (Å²) in [5.74, 6) is 0.412. The molecule has 1 aromatic carbocycles. The molecule has 0 radical (unpaired) electrons. The number of aromatic nitrogens is 2. The van der Waals surface area contributed by atoms with Crippen molar-refractivity contribution in [3.63, 3.8) is 0 Å². The molecule has 0 bridgehead atoms. The first-order valence-electron chi connectivity index (χ1n) is 6.54. The van der Waals surface area contributed by atoms with E-state index in [2.05, 4.69) is 4.98 Å². The average molecular weight is 320 g/mol. The van der Waals surface area contributed by atoms with E-state index in [1.165, 1.54) is 35.2 Å². The maximum Gasteiger partial charge on any atom is 0.272 e. The molecule has 0 aliphatic carbocycles. The van der Waals surface area contributed by atoms with Gasteiger partial charge in [0.2, 0.25) is 0 Å². The predicted octanol–water partition coefficient (Wildman–Crippen LogP) is 3.91. The van der Waals surface area contributed by atoms with Gasteiger partial charge < -0.3 is 0 Å². The molecule has 0 fully saturated rings. The summed E-state index contributed by atoms with van der Waals surface area (Å²) < 4.78 is 15.3. The van der Waals surface area contributed by atoms with Crippen LogP contribution in [0.2, 0.25) is 0 Å². The van der Waals surface area contributed by atoms with Crippen LogP contribution in [-0.4, -0.2) is 9.55 Å². The number of nitrogens with zero attached hydrogens (tertiary/aromatic N) is 2. The molecule has 0 aliphatic heterocycles. The summed E-state index contributed by atoms with van der Waals surface area (Å²) in [6, 6.07) is 8.25. The Hall–Kier alpha value is -1.66. The van der Waals surface area contributed by atoms with Crippen molar-refractivity contribution in [3.8, 4) is 0 Å². The van der Waals surface area contributed by atoms with E-state index in [4.69, 9.17) is 0 Å². The minimum absolute atomic E-state index is 0.0131. The molecule has 0 spiro atoms. The van der Waals surface area contributed by atoms with E-state index in [1.807, 2.05) is 18.4 Å². The molecule has 2 heterocycles. The minimum atomic E-state index is -0.243. The first-order chi connectivity index (χ1) is 10.2. The van der Waals surface area contributed by atoms with Gasteiger partial charge in [0.25, 0.3) is 5.56 Å². The third-order valence-corrected chi connectivity index (χ3v) is 5.07. The Bertz CT molecular complexity index is 824. The zero-order chi connectivity index (χ0) is 14.8. The van der Waals surface area contributed by atoms with Crippen LogP contribution in [-0.2, 0) is 12.3 Å². The second-order valence-electron chi connectivity index (χ2n) is 4.49. The smallest absolute Gasteiger partial charge is 0.272 e. The summed E-state index contributed by atoms with van der Waals surface area (Å²) in [6.45, 7) is 2.52. The van der Waals surface area contributed by atoms with E-state index in [0.717, 1.165) is 11.1 Å². The van der Waals surface area contributed by atoms with Gasteiger partial charge >= 0.3 is 0 Å². The molecular weight excluding hydrogens is 307 g/mol. The highest BCUT2D eigenvalue weighted by atomic mass is 32.2. The molecule has 0 saturated carbocycles. The van der Waals surface area contributed by atoms with Gasteiger partial charge in [-0.3, -0.25) is 9.36 Å². The van der Waals surface area contributed by atoms with Gasteiger partial charge in [0.05, 0.1) is 5.52 Å². The molecule has 21 heavy (non-hydrogen) atoms. The van der Waals surface area contributed by atoms with Crippen molar-refractivity contribution >= 4 is 33.3 Å². The quantitative estimate of drug-likeness (QED) is 0.540. The zero-order valence-corrected chi connectivity index (χ0v) is 13.0. The molecule has 108 valence electrons. The lowest BCUT2D eigenvalue weighted by molar-refractivity contribution is 0.627. The summed E-state index contributed by atoms with van der Waals surface area (Å²) in [6.07, 6.45) is 0. The number of thioether (sulfide) groups is 1. The van der Waals surface area contributed by atoms with Gasteiger partial charge in [-0.1, -0.05) is 23.9 Å². The Labute approximate surface area is 129 Å². The molecule has 0 atom stereocenters. The monoisotopic (exact) mass is 320 g/mol. The molecule has 3 nitrogen and oxygen atoms in total. The van der Waals surface area contributed by atoms with Gasteiger partial charge in [-0.25, -0.2) is 9.37 Å². The van der Waals surface area contributed by atoms with Crippen LogP contribution < -0.4 is 5.56 Å². The average Bonchev–Trinajstić information content (AvgIpc) is 2.95. The Morgan fingerprint density at radius 1 is 1.29 bits per heavy atom. The summed E-state index contributed by atoms with van der Waals surface area (Å²) in [7, 11) is 0. The molecule has 0 saturated heterocycles. The highest BCUT2D eigenvalue weighted by molar-refractivity contribution is 7.98. The number of fused-ring (bicyclic) bond motifs is 1. The van der Waals surface area contributed by atoms with Gasteiger partial charge in [-0.15, -0.1) is 11.3 Å². The molecule has 0 aliphatic rings. The number of benzene rings is 1. The Morgan fingerprint density at radius 2 is 2.05 bits per heavy atom. The SMILES string of the molecule is CCn1c(SCc2ccc(F)cc2)nc2ccsc2c1=O. The van der Waals surface area contributed by atoms with E-state index >= 15 is 0 Å². The number of halogens is 1. The van der Waals surface area contributed by atoms with Gasteiger partial charge in [0.15, 0.2) is 5.16 Å². The van der Waals surface area contributed by atoms with Crippen molar-refractivity contribution in [1.82, 2.24) is 9.55 Å². The fraction of sp³-hybridized carbons (Fsp3) is 0.200. The largest absolute Gasteiger partial charge is 0.287 e. The van der Waals surface area contributed by atoms with Crippen LogP contribution in [0.25, 0.3) is 10.2 Å². The summed E-state index contributed by atoms with van der Waals surface area (Å²) in [5.41, 5.74) is 1.76. The number of hydrogen-bond donors (Lipinski definition) is 0. The summed E-state index contributed by atoms with van der Waals surface area (Å²) in [4.78, 5) is 16.9. The fourth-order valence-electron chi connectivity index (χ4n) is 2.04. The summed E-state index contributed by atoms with van der Waals surface area (Å²) in [5, 5.41) is 2.59. The molecular formula is C15H13FN2OS2. The second kappa shape index (κ2) is 5.99. The van der Waals surface area contributed by atoms with E-state index in [0.29, 0.717) is 22.2 Å². The van der Waals surface area contributed by atoms with Crippen LogP contribution in [0.1, 0.15) is 12.5 Å². The van der Waals surface area contributed by atoms with Crippen molar-refractivity contribution in [1.29, 1.82) is 0 Å². The second-order valence-corrected chi connectivity index (χ2v) is 6.35. The van der Waals surface area contributed by atoms with Gasteiger partial charge in [-0.2, -0.15) is 0 Å². The van der Waals surface area contributed by atoms with Crippen molar-refractivity contribution < 1.29 is 4.39 Å². The Kier molecular flexibility index (Phi) is 4.07. The molecule has 3 aromatic rings. The highest BCUT2D eigenvalue weighted by Gasteiger charge is 2.11. The minimum Gasteiger partial charge on any atom is -0.287 e. The predicted molar refractivity (Wildman–Crippen MR) is 85.5 cm³/mol. The van der Waals surface area contributed by atoms with Crippen LogP contribution in [0, 0.1) is 5.82 Å². The third-order valence-electron chi connectivity index (χ3n) is 3.13. The number of rotatable bonds is 4. The first kappa shape index (κ1) is 14.3. The molecule has 0 amide bonds. The van der Waals surface area contributed by atoms with Crippen molar-refractivity contribution in [2.75, 3.05) is 0 Å². The molecule has 0 unspecified atom stereocenters. The Balaban J connectivity index is 1.92. The standard InChI is InChI=1S/C15H13FN2OS2/c1-2-18-14(19)13-12(7-8-20-13)17-15(18)21-9-10-3-5-11(16)6-4-10/h3-8H,2,9H2,1H3. The van der Waals surface area contributed by atoms with Crippen LogP contribution in [0.15, 0.2) is 45.7 Å². The number of hydrogen-bond acceptors (Lipinski definition) is 4. The Morgan fingerprint density at radius 3 is 2.76 bits per heavy atom. The number of thiophene rings is 1. The fourth-order valence-corrected chi connectivity index (χ4v) is 3.84. The highest BCUT2D eigenvalue weighted by Crippen LogP contribution is 2.23.